The molecule has 1 amide bonds. The molecule has 0 radical (unpaired) electrons. The summed E-state index contributed by atoms with van der Waals surface area (Å²) in [6.45, 7) is 2.75. The minimum atomic E-state index is -0.303. The van der Waals surface area contributed by atoms with Gasteiger partial charge in [0.05, 0.1) is 6.61 Å². The van der Waals surface area contributed by atoms with Crippen LogP contribution >= 0.6 is 0 Å². The molecule has 0 unspecified atom stereocenters. The first-order chi connectivity index (χ1) is 9.76. The van der Waals surface area contributed by atoms with E-state index in [9.17, 15) is 4.79 Å². The van der Waals surface area contributed by atoms with Crippen molar-refractivity contribution >= 4 is 11.6 Å². The molecule has 0 bridgehead atoms. The van der Waals surface area contributed by atoms with Gasteiger partial charge in [0, 0.05) is 18.5 Å². The van der Waals surface area contributed by atoms with Gasteiger partial charge in [-0.15, -0.1) is 5.10 Å². The highest BCUT2D eigenvalue weighted by molar-refractivity contribution is 6.01. The molecule has 20 heavy (non-hydrogen) atoms. The molecule has 0 spiro atoms. The summed E-state index contributed by atoms with van der Waals surface area (Å²) in [6.07, 6.45) is 2.62. The van der Waals surface area contributed by atoms with Crippen molar-refractivity contribution in [2.24, 2.45) is 0 Å². The van der Waals surface area contributed by atoms with Gasteiger partial charge in [0.15, 0.2) is 0 Å². The number of aromatic nitrogens is 3. The van der Waals surface area contributed by atoms with Crippen LogP contribution in [0.5, 0.6) is 5.75 Å². The number of anilines is 1. The van der Waals surface area contributed by atoms with Gasteiger partial charge in [-0.1, -0.05) is 6.92 Å². The smallest absolute Gasteiger partial charge is 0.295 e. The van der Waals surface area contributed by atoms with Crippen molar-refractivity contribution in [2.75, 3.05) is 11.9 Å². The van der Waals surface area contributed by atoms with Crippen molar-refractivity contribution in [1.29, 1.82) is 0 Å². The van der Waals surface area contributed by atoms with Gasteiger partial charge in [0.25, 0.3) is 5.91 Å². The maximum absolute atomic E-state index is 12.0. The number of rotatable bonds is 4. The zero-order valence-corrected chi connectivity index (χ0v) is 11.3. The van der Waals surface area contributed by atoms with Gasteiger partial charge in [0.1, 0.15) is 11.6 Å². The van der Waals surface area contributed by atoms with E-state index in [0.29, 0.717) is 6.61 Å². The lowest BCUT2D eigenvalue weighted by molar-refractivity contribution is 0.101. The van der Waals surface area contributed by atoms with E-state index in [-0.39, 0.29) is 11.7 Å². The predicted octanol–water partition coefficient (Wildman–Crippen LogP) is 1.94. The van der Waals surface area contributed by atoms with E-state index < -0.39 is 0 Å². The summed E-state index contributed by atoms with van der Waals surface area (Å²) in [5.41, 5.74) is 1.85. The first-order valence-electron chi connectivity index (χ1n) is 6.74. The number of fused-ring (bicyclic) bond motifs is 1. The molecule has 0 saturated heterocycles. The highest BCUT2D eigenvalue weighted by Crippen LogP contribution is 2.27. The second kappa shape index (κ2) is 5.32. The van der Waals surface area contributed by atoms with Crippen LogP contribution in [0.15, 0.2) is 18.2 Å². The average molecular weight is 272 g/mol. The minimum Gasteiger partial charge on any atom is -0.493 e. The molecular weight excluding hydrogens is 256 g/mol. The number of H-pyrrole nitrogens is 1. The topological polar surface area (TPSA) is 79.9 Å². The van der Waals surface area contributed by atoms with Crippen LogP contribution in [0.25, 0.3) is 0 Å². The van der Waals surface area contributed by atoms with Crippen LogP contribution in [-0.2, 0) is 12.8 Å². The summed E-state index contributed by atoms with van der Waals surface area (Å²) in [7, 11) is 0. The number of carbonyl (C=O) groups is 1. The van der Waals surface area contributed by atoms with Gasteiger partial charge in [0.2, 0.25) is 5.82 Å². The lowest BCUT2D eigenvalue weighted by Crippen LogP contribution is -2.13. The Bertz CT molecular complexity index is 636. The van der Waals surface area contributed by atoms with Gasteiger partial charge < -0.3 is 10.1 Å². The van der Waals surface area contributed by atoms with E-state index in [0.717, 1.165) is 42.1 Å². The molecular formula is C14H16N4O2. The van der Waals surface area contributed by atoms with Crippen molar-refractivity contribution in [1.82, 2.24) is 15.2 Å². The average Bonchev–Trinajstić information content (AvgIpc) is 3.07. The van der Waals surface area contributed by atoms with Crippen LogP contribution < -0.4 is 10.1 Å². The molecule has 2 aromatic rings. The summed E-state index contributed by atoms with van der Waals surface area (Å²) >= 11 is 0. The third-order valence-electron chi connectivity index (χ3n) is 3.17. The third-order valence-corrected chi connectivity index (χ3v) is 3.17. The molecule has 3 rings (SSSR count). The number of carbonyl (C=O) groups excluding carboxylic acids is 1. The number of aryl methyl sites for hydroxylation is 1. The highest BCUT2D eigenvalue weighted by atomic mass is 16.5. The van der Waals surface area contributed by atoms with Crippen LogP contribution in [0.4, 0.5) is 5.69 Å². The molecule has 1 aromatic heterocycles. The summed E-state index contributed by atoms with van der Waals surface area (Å²) in [4.78, 5) is 16.2. The van der Waals surface area contributed by atoms with Crippen molar-refractivity contribution in [3.05, 3.63) is 35.4 Å². The number of amides is 1. The first kappa shape index (κ1) is 12.7. The normalized spacial score (nSPS) is 12.8. The number of nitrogens with one attached hydrogen (secondary N) is 2. The lowest BCUT2D eigenvalue weighted by Gasteiger charge is -2.04. The summed E-state index contributed by atoms with van der Waals surface area (Å²) < 4.78 is 5.43. The van der Waals surface area contributed by atoms with Crippen LogP contribution in [0.3, 0.4) is 0 Å². The van der Waals surface area contributed by atoms with E-state index >= 15 is 0 Å². The minimum absolute atomic E-state index is 0.171. The van der Waals surface area contributed by atoms with E-state index in [4.69, 9.17) is 4.74 Å². The molecule has 1 aliphatic rings. The second-order valence-corrected chi connectivity index (χ2v) is 4.73. The van der Waals surface area contributed by atoms with E-state index in [1.165, 1.54) is 0 Å². The number of aromatic amines is 1. The van der Waals surface area contributed by atoms with Crippen molar-refractivity contribution in [3.63, 3.8) is 0 Å². The van der Waals surface area contributed by atoms with Crippen LogP contribution in [0, 0.1) is 0 Å². The molecule has 0 atom stereocenters. The fraction of sp³-hybridized carbons (Fsp3) is 0.357. The Morgan fingerprint density at radius 3 is 3.25 bits per heavy atom. The maximum atomic E-state index is 12.0. The highest BCUT2D eigenvalue weighted by Gasteiger charge is 2.15. The maximum Gasteiger partial charge on any atom is 0.295 e. The molecule has 2 N–H and O–H groups in total. The molecule has 6 nitrogen and oxygen atoms in total. The molecule has 0 fully saturated rings. The number of nitrogens with zero attached hydrogens (tertiary/aromatic N) is 2. The first-order valence-corrected chi connectivity index (χ1v) is 6.74. The standard InChI is InChI=1S/C14H16N4O2/c1-2-3-12-16-13(18-17-12)14(19)15-10-4-5-11-9(8-10)6-7-20-11/h4-5,8H,2-3,6-7H2,1H3,(H,15,19)(H,16,17,18). The van der Waals surface area contributed by atoms with Gasteiger partial charge in [-0.2, -0.15) is 0 Å². The fourth-order valence-electron chi connectivity index (χ4n) is 2.20. The van der Waals surface area contributed by atoms with Gasteiger partial charge in [-0.3, -0.25) is 9.89 Å². The molecule has 0 aliphatic carbocycles. The van der Waals surface area contributed by atoms with Crippen molar-refractivity contribution < 1.29 is 9.53 Å². The summed E-state index contributed by atoms with van der Waals surface area (Å²) in [5, 5.41) is 9.51. The Kier molecular flexibility index (Phi) is 3.37. The molecule has 104 valence electrons. The molecule has 0 saturated carbocycles. The van der Waals surface area contributed by atoms with Crippen LogP contribution in [0.1, 0.15) is 35.4 Å². The number of ether oxygens (including phenoxy) is 1. The van der Waals surface area contributed by atoms with E-state index in [1.54, 1.807) is 0 Å². The Balaban J connectivity index is 1.71. The summed E-state index contributed by atoms with van der Waals surface area (Å²) in [5.74, 6) is 1.50. The second-order valence-electron chi connectivity index (χ2n) is 4.73. The molecule has 6 heteroatoms. The van der Waals surface area contributed by atoms with Crippen LogP contribution in [-0.4, -0.2) is 27.7 Å². The molecule has 1 aromatic carbocycles. The SMILES string of the molecule is CCCc1nc(C(=O)Nc2ccc3c(c2)CCO3)n[nH]1. The lowest BCUT2D eigenvalue weighted by atomic mass is 10.1. The van der Waals surface area contributed by atoms with Crippen molar-refractivity contribution in [3.8, 4) is 5.75 Å². The zero-order chi connectivity index (χ0) is 13.9. The Morgan fingerprint density at radius 2 is 2.40 bits per heavy atom. The monoisotopic (exact) mass is 272 g/mol. The van der Waals surface area contributed by atoms with Gasteiger partial charge in [-0.25, -0.2) is 4.98 Å². The van der Waals surface area contributed by atoms with E-state index in [2.05, 4.69) is 27.4 Å². The van der Waals surface area contributed by atoms with Gasteiger partial charge in [-0.05, 0) is 30.2 Å². The van der Waals surface area contributed by atoms with Gasteiger partial charge >= 0.3 is 0 Å². The predicted molar refractivity (Wildman–Crippen MR) is 74.0 cm³/mol. The largest absolute Gasteiger partial charge is 0.493 e. The molecule has 1 aliphatic heterocycles. The van der Waals surface area contributed by atoms with Crippen LogP contribution in [0.2, 0.25) is 0 Å². The Labute approximate surface area is 116 Å². The van der Waals surface area contributed by atoms with E-state index in [1.807, 2.05) is 18.2 Å². The number of benzene rings is 1. The third kappa shape index (κ3) is 2.49. The van der Waals surface area contributed by atoms with Crippen molar-refractivity contribution in [2.45, 2.75) is 26.2 Å². The Hall–Kier alpha value is -2.37. The summed E-state index contributed by atoms with van der Waals surface area (Å²) in [6, 6.07) is 5.62. The quantitative estimate of drug-likeness (QED) is 0.891. The molecule has 2 heterocycles. The fourth-order valence-corrected chi connectivity index (χ4v) is 2.20. The Morgan fingerprint density at radius 1 is 1.50 bits per heavy atom. The number of hydrogen-bond donors (Lipinski definition) is 2. The zero-order valence-electron chi connectivity index (χ0n) is 11.3. The number of hydrogen-bond acceptors (Lipinski definition) is 4.